The Bertz CT molecular complexity index is 1180. The van der Waals surface area contributed by atoms with Gasteiger partial charge in [0.2, 0.25) is 5.91 Å². The van der Waals surface area contributed by atoms with Gasteiger partial charge >= 0.3 is 5.97 Å². The molecule has 0 aliphatic carbocycles. The molecule has 3 rings (SSSR count). The number of nitrogens with one attached hydrogen (secondary N) is 1. The number of carbonyl (C=O) groups is 3. The van der Waals surface area contributed by atoms with Crippen molar-refractivity contribution in [3.63, 3.8) is 0 Å². The van der Waals surface area contributed by atoms with Crippen molar-refractivity contribution in [2.24, 2.45) is 0 Å². The van der Waals surface area contributed by atoms with Gasteiger partial charge in [-0.1, -0.05) is 0 Å². The van der Waals surface area contributed by atoms with Gasteiger partial charge in [0.15, 0.2) is 12.4 Å². The molecule has 0 radical (unpaired) electrons. The number of rotatable bonds is 7. The topological polar surface area (TPSA) is 90.3 Å². The highest BCUT2D eigenvalue weighted by Crippen LogP contribution is 2.19. The van der Waals surface area contributed by atoms with Gasteiger partial charge in [0.1, 0.15) is 5.82 Å². The molecule has 1 aromatic heterocycles. The van der Waals surface area contributed by atoms with E-state index in [1.165, 1.54) is 25.1 Å². The Labute approximate surface area is 184 Å². The Kier molecular flexibility index (Phi) is 6.94. The summed E-state index contributed by atoms with van der Waals surface area (Å²) in [6.07, 6.45) is 2.81. The van der Waals surface area contributed by atoms with Crippen molar-refractivity contribution in [1.29, 1.82) is 0 Å². The van der Waals surface area contributed by atoms with E-state index in [1.807, 2.05) is 6.92 Å². The van der Waals surface area contributed by atoms with Crippen molar-refractivity contribution in [3.8, 4) is 5.69 Å². The van der Waals surface area contributed by atoms with Crippen LogP contribution in [0.5, 0.6) is 0 Å². The largest absolute Gasteiger partial charge is 0.454 e. The molecular weight excluding hydrogens is 413 g/mol. The van der Waals surface area contributed by atoms with Crippen LogP contribution in [-0.2, 0) is 14.3 Å². The molecule has 0 fully saturated rings. The molecule has 0 saturated heterocycles. The number of ether oxygens (including phenoxy) is 1. The lowest BCUT2D eigenvalue weighted by atomic mass is 10.1. The number of hydrogen-bond acceptors (Lipinski definition) is 5. The smallest absolute Gasteiger partial charge is 0.331 e. The minimum absolute atomic E-state index is 0.210. The van der Waals surface area contributed by atoms with Crippen molar-refractivity contribution in [3.05, 3.63) is 82.9 Å². The summed E-state index contributed by atoms with van der Waals surface area (Å²) in [4.78, 5) is 35.3. The molecule has 0 unspecified atom stereocenters. The molecule has 0 aliphatic rings. The SMILES string of the molecule is CC(=O)Nc1ccc(C(=O)COC(=O)/C=C/c2c(C)nn(-c3ccc(F)cc3)c2C)cc1. The first-order valence-corrected chi connectivity index (χ1v) is 9.82. The zero-order valence-corrected chi connectivity index (χ0v) is 17.9. The molecular formula is C24H22FN3O4. The Hall–Kier alpha value is -4.07. The molecule has 7 nitrogen and oxygen atoms in total. The second-order valence-electron chi connectivity index (χ2n) is 7.10. The molecule has 0 bridgehead atoms. The van der Waals surface area contributed by atoms with E-state index in [0.29, 0.717) is 22.6 Å². The first kappa shape index (κ1) is 22.6. The summed E-state index contributed by atoms with van der Waals surface area (Å²) in [6, 6.07) is 12.2. The summed E-state index contributed by atoms with van der Waals surface area (Å²) in [7, 11) is 0. The number of hydrogen-bond donors (Lipinski definition) is 1. The van der Waals surface area contributed by atoms with Crippen LogP contribution in [0.4, 0.5) is 10.1 Å². The quantitative estimate of drug-likeness (QED) is 0.344. The van der Waals surface area contributed by atoms with Crippen LogP contribution in [0.25, 0.3) is 11.8 Å². The van der Waals surface area contributed by atoms with Gasteiger partial charge in [-0.3, -0.25) is 9.59 Å². The van der Waals surface area contributed by atoms with E-state index >= 15 is 0 Å². The summed E-state index contributed by atoms with van der Waals surface area (Å²) >= 11 is 0. The van der Waals surface area contributed by atoms with Crippen LogP contribution in [0.1, 0.15) is 34.2 Å². The van der Waals surface area contributed by atoms with Gasteiger partial charge in [0.25, 0.3) is 0 Å². The van der Waals surface area contributed by atoms with Crippen molar-refractivity contribution < 1.29 is 23.5 Å². The summed E-state index contributed by atoms with van der Waals surface area (Å²) in [5.74, 6) is -1.57. The highest BCUT2D eigenvalue weighted by Gasteiger charge is 2.12. The molecule has 0 spiro atoms. The number of amides is 1. The molecule has 0 saturated carbocycles. The number of ketones is 1. The van der Waals surface area contributed by atoms with E-state index in [4.69, 9.17) is 4.74 Å². The van der Waals surface area contributed by atoms with E-state index in [0.717, 1.165) is 11.3 Å². The fourth-order valence-corrected chi connectivity index (χ4v) is 3.09. The van der Waals surface area contributed by atoms with E-state index in [2.05, 4.69) is 10.4 Å². The van der Waals surface area contributed by atoms with E-state index < -0.39 is 12.6 Å². The lowest BCUT2D eigenvalue weighted by Crippen LogP contribution is -2.13. The first-order valence-electron chi connectivity index (χ1n) is 9.82. The van der Waals surface area contributed by atoms with Crippen molar-refractivity contribution in [1.82, 2.24) is 9.78 Å². The monoisotopic (exact) mass is 435 g/mol. The molecule has 1 amide bonds. The van der Waals surface area contributed by atoms with Crippen LogP contribution in [0.2, 0.25) is 0 Å². The maximum atomic E-state index is 13.2. The van der Waals surface area contributed by atoms with Crippen LogP contribution in [0.3, 0.4) is 0 Å². The molecule has 2 aromatic carbocycles. The Morgan fingerprint density at radius 2 is 1.72 bits per heavy atom. The van der Waals surface area contributed by atoms with Crippen LogP contribution in [-0.4, -0.2) is 34.0 Å². The van der Waals surface area contributed by atoms with Crippen molar-refractivity contribution in [2.45, 2.75) is 20.8 Å². The number of anilines is 1. The molecule has 164 valence electrons. The van der Waals surface area contributed by atoms with Gasteiger partial charge in [-0.2, -0.15) is 5.10 Å². The first-order chi connectivity index (χ1) is 15.2. The average molecular weight is 435 g/mol. The summed E-state index contributed by atoms with van der Waals surface area (Å²) in [6.45, 7) is 4.62. The number of aryl methyl sites for hydroxylation is 1. The third kappa shape index (κ3) is 5.54. The van der Waals surface area contributed by atoms with Gasteiger partial charge in [-0.05, 0) is 68.5 Å². The normalized spacial score (nSPS) is 10.9. The minimum Gasteiger partial charge on any atom is -0.454 e. The van der Waals surface area contributed by atoms with Crippen LogP contribution in [0.15, 0.2) is 54.6 Å². The predicted octanol–water partition coefficient (Wildman–Crippen LogP) is 4.03. The number of Topliss-reactive ketones (excluding diaryl/α,β-unsaturated/α-hetero) is 1. The lowest BCUT2D eigenvalue weighted by Gasteiger charge is -2.05. The molecule has 32 heavy (non-hydrogen) atoms. The maximum absolute atomic E-state index is 13.2. The van der Waals surface area contributed by atoms with E-state index in [9.17, 15) is 18.8 Å². The summed E-state index contributed by atoms with van der Waals surface area (Å²) < 4.78 is 19.9. The second kappa shape index (κ2) is 9.82. The van der Waals surface area contributed by atoms with E-state index in [-0.39, 0.29) is 17.5 Å². The molecule has 1 heterocycles. The molecule has 8 heteroatoms. The van der Waals surface area contributed by atoms with Crippen LogP contribution >= 0.6 is 0 Å². The average Bonchev–Trinajstić information content (AvgIpc) is 3.04. The lowest BCUT2D eigenvalue weighted by molar-refractivity contribution is -0.136. The second-order valence-corrected chi connectivity index (χ2v) is 7.10. The number of carbonyl (C=O) groups excluding carboxylic acids is 3. The van der Waals surface area contributed by atoms with Gasteiger partial charge in [0, 0.05) is 35.5 Å². The fraction of sp³-hybridized carbons (Fsp3) is 0.167. The third-order valence-electron chi connectivity index (χ3n) is 4.68. The zero-order valence-electron chi connectivity index (χ0n) is 17.9. The van der Waals surface area contributed by atoms with Crippen molar-refractivity contribution >= 4 is 29.4 Å². The van der Waals surface area contributed by atoms with Gasteiger partial charge < -0.3 is 10.1 Å². The fourth-order valence-electron chi connectivity index (χ4n) is 3.09. The maximum Gasteiger partial charge on any atom is 0.331 e. The van der Waals surface area contributed by atoms with E-state index in [1.54, 1.807) is 54.1 Å². The van der Waals surface area contributed by atoms with Crippen molar-refractivity contribution in [2.75, 3.05) is 11.9 Å². The molecule has 1 N–H and O–H groups in total. The highest BCUT2D eigenvalue weighted by atomic mass is 19.1. The third-order valence-corrected chi connectivity index (χ3v) is 4.68. The standard InChI is InChI=1S/C24H22FN3O4/c1-15-22(16(2)28(27-15)21-10-6-19(25)7-11-21)12-13-24(31)32-14-23(30)18-4-8-20(9-5-18)26-17(3)29/h4-13H,14H2,1-3H3,(H,26,29)/b13-12+. The zero-order chi connectivity index (χ0) is 23.3. The van der Waals surface area contributed by atoms with Gasteiger partial charge in [-0.15, -0.1) is 0 Å². The highest BCUT2D eigenvalue weighted by molar-refractivity contribution is 5.99. The Morgan fingerprint density at radius 3 is 2.34 bits per heavy atom. The molecule has 0 atom stereocenters. The van der Waals surface area contributed by atoms with Crippen LogP contribution < -0.4 is 5.32 Å². The van der Waals surface area contributed by atoms with Gasteiger partial charge in [0.05, 0.1) is 11.4 Å². The number of benzene rings is 2. The molecule has 3 aromatic rings. The summed E-state index contributed by atoms with van der Waals surface area (Å²) in [5, 5.41) is 7.05. The Balaban J connectivity index is 1.61. The molecule has 0 aliphatic heterocycles. The number of esters is 1. The van der Waals surface area contributed by atoms with Crippen LogP contribution in [0, 0.1) is 19.7 Å². The number of aromatic nitrogens is 2. The number of halogens is 1. The number of nitrogens with zero attached hydrogens (tertiary/aromatic N) is 2. The minimum atomic E-state index is -0.665. The Morgan fingerprint density at radius 1 is 1.06 bits per heavy atom. The predicted molar refractivity (Wildman–Crippen MR) is 118 cm³/mol. The van der Waals surface area contributed by atoms with Gasteiger partial charge in [-0.25, -0.2) is 13.9 Å². The summed E-state index contributed by atoms with van der Waals surface area (Å²) in [5.41, 5.74) is 3.82.